The molecule has 1 rings (SSSR count). The van der Waals surface area contributed by atoms with Gasteiger partial charge in [-0.1, -0.05) is 25.4 Å². The SMILES string of the molecule is CC(C)CCNc1ccc(Cl)cc1Br. The number of benzene rings is 1. The van der Waals surface area contributed by atoms with Gasteiger partial charge in [-0.05, 0) is 46.5 Å². The molecule has 0 aromatic heterocycles. The van der Waals surface area contributed by atoms with Crippen molar-refractivity contribution in [1.82, 2.24) is 0 Å². The molecule has 0 bridgehead atoms. The van der Waals surface area contributed by atoms with Crippen molar-refractivity contribution < 1.29 is 0 Å². The topological polar surface area (TPSA) is 12.0 Å². The molecule has 0 amide bonds. The molecular weight excluding hydrogens is 261 g/mol. The van der Waals surface area contributed by atoms with Gasteiger partial charge in [-0.2, -0.15) is 0 Å². The molecule has 78 valence electrons. The summed E-state index contributed by atoms with van der Waals surface area (Å²) < 4.78 is 1.02. The molecule has 0 unspecified atom stereocenters. The van der Waals surface area contributed by atoms with Crippen molar-refractivity contribution in [2.45, 2.75) is 20.3 Å². The zero-order valence-electron chi connectivity index (χ0n) is 8.48. The van der Waals surface area contributed by atoms with E-state index in [1.54, 1.807) is 0 Å². The highest BCUT2D eigenvalue weighted by Crippen LogP contribution is 2.25. The van der Waals surface area contributed by atoms with Gasteiger partial charge in [-0.25, -0.2) is 0 Å². The van der Waals surface area contributed by atoms with Crippen LogP contribution < -0.4 is 5.32 Å². The first-order chi connectivity index (χ1) is 6.59. The summed E-state index contributed by atoms with van der Waals surface area (Å²) >= 11 is 9.31. The quantitative estimate of drug-likeness (QED) is 0.850. The van der Waals surface area contributed by atoms with Crippen LogP contribution in [0, 0.1) is 5.92 Å². The van der Waals surface area contributed by atoms with Gasteiger partial charge in [0.1, 0.15) is 0 Å². The van der Waals surface area contributed by atoms with Crippen LogP contribution in [-0.2, 0) is 0 Å². The minimum absolute atomic E-state index is 0.730. The van der Waals surface area contributed by atoms with E-state index in [4.69, 9.17) is 11.6 Å². The number of hydrogen-bond donors (Lipinski definition) is 1. The fraction of sp³-hybridized carbons (Fsp3) is 0.455. The van der Waals surface area contributed by atoms with E-state index in [-0.39, 0.29) is 0 Å². The lowest BCUT2D eigenvalue weighted by atomic mass is 10.1. The van der Waals surface area contributed by atoms with Gasteiger partial charge in [0, 0.05) is 21.7 Å². The molecule has 3 heteroatoms. The van der Waals surface area contributed by atoms with E-state index in [0.717, 1.165) is 27.6 Å². The minimum atomic E-state index is 0.730. The summed E-state index contributed by atoms with van der Waals surface area (Å²) in [6, 6.07) is 5.79. The number of halogens is 2. The first kappa shape index (κ1) is 11.9. The number of rotatable bonds is 4. The molecule has 0 saturated carbocycles. The summed E-state index contributed by atoms with van der Waals surface area (Å²) in [6.07, 6.45) is 1.18. The Morgan fingerprint density at radius 1 is 1.43 bits per heavy atom. The third-order valence-corrected chi connectivity index (χ3v) is 2.86. The largest absolute Gasteiger partial charge is 0.384 e. The second-order valence-corrected chi connectivity index (χ2v) is 5.02. The lowest BCUT2D eigenvalue weighted by molar-refractivity contribution is 0.607. The summed E-state index contributed by atoms with van der Waals surface area (Å²) in [7, 11) is 0. The van der Waals surface area contributed by atoms with Crippen molar-refractivity contribution in [2.24, 2.45) is 5.92 Å². The van der Waals surface area contributed by atoms with Gasteiger partial charge in [-0.15, -0.1) is 0 Å². The van der Waals surface area contributed by atoms with Gasteiger partial charge in [0.05, 0.1) is 0 Å². The maximum atomic E-state index is 5.84. The molecule has 0 aliphatic carbocycles. The summed E-state index contributed by atoms with van der Waals surface area (Å²) in [5, 5.41) is 4.12. The van der Waals surface area contributed by atoms with Crippen LogP contribution in [0.15, 0.2) is 22.7 Å². The molecule has 0 spiro atoms. The number of nitrogens with one attached hydrogen (secondary N) is 1. The van der Waals surface area contributed by atoms with Crippen LogP contribution in [0.5, 0.6) is 0 Å². The van der Waals surface area contributed by atoms with Crippen molar-refractivity contribution >= 4 is 33.2 Å². The van der Waals surface area contributed by atoms with Gasteiger partial charge >= 0.3 is 0 Å². The van der Waals surface area contributed by atoms with Gasteiger partial charge in [-0.3, -0.25) is 0 Å². The first-order valence-electron chi connectivity index (χ1n) is 4.78. The molecule has 0 aliphatic heterocycles. The molecular formula is C11H15BrClN. The van der Waals surface area contributed by atoms with E-state index in [0.29, 0.717) is 0 Å². The minimum Gasteiger partial charge on any atom is -0.384 e. The molecule has 0 fully saturated rings. The molecule has 1 aromatic rings. The third kappa shape index (κ3) is 3.89. The van der Waals surface area contributed by atoms with Crippen LogP contribution in [0.4, 0.5) is 5.69 Å². The average molecular weight is 277 g/mol. The first-order valence-corrected chi connectivity index (χ1v) is 5.95. The van der Waals surface area contributed by atoms with Crippen LogP contribution in [0.25, 0.3) is 0 Å². The summed E-state index contributed by atoms with van der Waals surface area (Å²) in [6.45, 7) is 5.44. The maximum absolute atomic E-state index is 5.84. The van der Waals surface area contributed by atoms with Crippen LogP contribution in [-0.4, -0.2) is 6.54 Å². The molecule has 1 aromatic carbocycles. The lowest BCUT2D eigenvalue weighted by Gasteiger charge is -2.10. The molecule has 0 aliphatic rings. The van der Waals surface area contributed by atoms with Crippen LogP contribution in [0.1, 0.15) is 20.3 Å². The second kappa shape index (κ2) is 5.62. The van der Waals surface area contributed by atoms with Crippen molar-refractivity contribution in [3.63, 3.8) is 0 Å². The molecule has 0 saturated heterocycles. The lowest BCUT2D eigenvalue weighted by Crippen LogP contribution is -2.04. The van der Waals surface area contributed by atoms with Gasteiger partial charge < -0.3 is 5.32 Å². The van der Waals surface area contributed by atoms with E-state index in [1.807, 2.05) is 18.2 Å². The average Bonchev–Trinajstić information content (AvgIpc) is 2.08. The standard InChI is InChI=1S/C11H15BrClN/c1-8(2)5-6-14-11-4-3-9(13)7-10(11)12/h3-4,7-8,14H,5-6H2,1-2H3. The highest BCUT2D eigenvalue weighted by molar-refractivity contribution is 9.10. The van der Waals surface area contributed by atoms with Crippen molar-refractivity contribution in [3.8, 4) is 0 Å². The number of hydrogen-bond acceptors (Lipinski definition) is 1. The Bertz CT molecular complexity index is 299. The van der Waals surface area contributed by atoms with Crippen molar-refractivity contribution in [3.05, 3.63) is 27.7 Å². The highest BCUT2D eigenvalue weighted by Gasteiger charge is 2.00. The molecule has 0 radical (unpaired) electrons. The van der Waals surface area contributed by atoms with Crippen LogP contribution >= 0.6 is 27.5 Å². The Kier molecular flexibility index (Phi) is 4.76. The maximum Gasteiger partial charge on any atom is 0.0485 e. The number of anilines is 1. The predicted molar refractivity (Wildman–Crippen MR) is 67.1 cm³/mol. The van der Waals surface area contributed by atoms with Gasteiger partial charge in [0.2, 0.25) is 0 Å². The summed E-state index contributed by atoms with van der Waals surface area (Å²) in [5.41, 5.74) is 1.11. The molecule has 1 N–H and O–H groups in total. The zero-order valence-corrected chi connectivity index (χ0v) is 10.8. The Morgan fingerprint density at radius 3 is 2.71 bits per heavy atom. The Hall–Kier alpha value is -0.210. The van der Waals surface area contributed by atoms with Crippen molar-refractivity contribution in [1.29, 1.82) is 0 Å². The van der Waals surface area contributed by atoms with E-state index in [9.17, 15) is 0 Å². The van der Waals surface area contributed by atoms with Gasteiger partial charge in [0.25, 0.3) is 0 Å². The predicted octanol–water partition coefficient (Wildman–Crippen LogP) is 4.56. The monoisotopic (exact) mass is 275 g/mol. The summed E-state index contributed by atoms with van der Waals surface area (Å²) in [5.74, 6) is 0.730. The van der Waals surface area contributed by atoms with Gasteiger partial charge in [0.15, 0.2) is 0 Å². The fourth-order valence-electron chi connectivity index (χ4n) is 1.13. The Balaban J connectivity index is 2.51. The second-order valence-electron chi connectivity index (χ2n) is 3.73. The van der Waals surface area contributed by atoms with E-state index < -0.39 is 0 Å². The molecule has 0 heterocycles. The van der Waals surface area contributed by atoms with Crippen molar-refractivity contribution in [2.75, 3.05) is 11.9 Å². The van der Waals surface area contributed by atoms with E-state index >= 15 is 0 Å². The van der Waals surface area contributed by atoms with Crippen LogP contribution in [0.3, 0.4) is 0 Å². The van der Waals surface area contributed by atoms with Crippen LogP contribution in [0.2, 0.25) is 5.02 Å². The molecule has 14 heavy (non-hydrogen) atoms. The van der Waals surface area contributed by atoms with E-state index in [1.165, 1.54) is 6.42 Å². The summed E-state index contributed by atoms with van der Waals surface area (Å²) in [4.78, 5) is 0. The highest BCUT2D eigenvalue weighted by atomic mass is 79.9. The molecule has 1 nitrogen and oxygen atoms in total. The zero-order chi connectivity index (χ0) is 10.6. The fourth-order valence-corrected chi connectivity index (χ4v) is 1.95. The normalized spacial score (nSPS) is 10.6. The third-order valence-electron chi connectivity index (χ3n) is 1.97. The van der Waals surface area contributed by atoms with E-state index in [2.05, 4.69) is 35.1 Å². The Labute approximate surface area is 99.0 Å². The Morgan fingerprint density at radius 2 is 2.14 bits per heavy atom. The molecule has 0 atom stereocenters. The smallest absolute Gasteiger partial charge is 0.0485 e.